The van der Waals surface area contributed by atoms with Crippen molar-refractivity contribution < 1.29 is 58.4 Å². The Kier molecular flexibility index (Phi) is 102. The van der Waals surface area contributed by atoms with Crippen LogP contribution in [0.1, 0.15) is 219 Å². The van der Waals surface area contributed by atoms with Crippen molar-refractivity contribution in [3.63, 3.8) is 0 Å². The van der Waals surface area contributed by atoms with Crippen molar-refractivity contribution in [1.82, 2.24) is 0 Å². The van der Waals surface area contributed by atoms with Crippen molar-refractivity contribution in [2.45, 2.75) is 219 Å². The summed E-state index contributed by atoms with van der Waals surface area (Å²) in [6, 6.07) is 0. The Labute approximate surface area is 373 Å². The van der Waals surface area contributed by atoms with Crippen molar-refractivity contribution in [3.05, 3.63) is 44.6 Å². The van der Waals surface area contributed by atoms with Gasteiger partial charge in [0.1, 0.15) is 0 Å². The molecule has 3 saturated carbocycles. The van der Waals surface area contributed by atoms with Crippen LogP contribution in [0.2, 0.25) is 0 Å². The predicted octanol–water partition coefficient (Wildman–Crippen LogP) is 18.5. The second-order valence-electron chi connectivity index (χ2n) is 16.7. The molecule has 3 rings (SSSR count). The first-order valence-corrected chi connectivity index (χ1v) is 19.7. The standard InChI is InChI=1S/3C7H14.3C7H16.6CH3.3Ru/c3*1-2-7-5-3-4-6-7;3*1-6(2)5-7(3)4;;;;;;;;;/h3*7H,2-6H2,1H3;3*6-7H,5H2,1-4H3;6*1H3;;;/q;;;;;;6*-1;3*+2. The third-order valence-electron chi connectivity index (χ3n) is 8.98. The molecule has 324 valence electrons. The van der Waals surface area contributed by atoms with Gasteiger partial charge in [0.05, 0.1) is 0 Å². The molecule has 0 bridgehead atoms. The number of hydrogen-bond acceptors (Lipinski definition) is 0. The Morgan fingerprint density at radius 1 is 0.294 bits per heavy atom. The molecule has 0 spiro atoms. The molecule has 3 heteroatoms. The Morgan fingerprint density at radius 3 is 0.451 bits per heavy atom. The number of hydrogen-bond donors (Lipinski definition) is 0. The first-order valence-electron chi connectivity index (χ1n) is 19.7. The van der Waals surface area contributed by atoms with Crippen molar-refractivity contribution in [2.24, 2.45) is 53.3 Å². The average Bonchev–Trinajstić information content (AvgIpc) is 3.67. The summed E-state index contributed by atoms with van der Waals surface area (Å²) in [5.41, 5.74) is 0. The molecule has 0 unspecified atom stereocenters. The van der Waals surface area contributed by atoms with Crippen molar-refractivity contribution >= 4 is 0 Å². The Balaban J connectivity index is -0.0000000346. The van der Waals surface area contributed by atoms with Crippen LogP contribution in [-0.2, 0) is 58.4 Å². The molecule has 3 aliphatic carbocycles. The molecule has 0 radical (unpaired) electrons. The SMILES string of the molecule is CC(C)CC(C)C.CC(C)CC(C)C.CC(C)CC(C)C.CCC1CCCC1.CCC1CCCC1.CCC1CCCC1.[CH3-].[CH3-].[CH3-].[CH3-].[CH3-].[CH3-].[Ru+2].[Ru+2].[Ru+2]. The Hall–Kier alpha value is 1.87. The van der Waals surface area contributed by atoms with Crippen LogP contribution in [0.15, 0.2) is 0 Å². The monoisotopic (exact) mass is 991 g/mol. The molecule has 0 atom stereocenters. The van der Waals surface area contributed by atoms with E-state index in [9.17, 15) is 0 Å². The van der Waals surface area contributed by atoms with Crippen LogP contribution in [0, 0.1) is 97.8 Å². The molecule has 3 aliphatic rings. The van der Waals surface area contributed by atoms with Crippen molar-refractivity contribution in [3.8, 4) is 0 Å². The van der Waals surface area contributed by atoms with Gasteiger partial charge in [-0.15, -0.1) is 0 Å². The van der Waals surface area contributed by atoms with E-state index >= 15 is 0 Å². The van der Waals surface area contributed by atoms with Crippen LogP contribution in [-0.4, -0.2) is 0 Å². The molecular weight excluding hydrogens is 880 g/mol. The van der Waals surface area contributed by atoms with Crippen LogP contribution >= 0.6 is 0 Å². The summed E-state index contributed by atoms with van der Waals surface area (Å²) in [4.78, 5) is 0. The molecular formula is C48H108Ru3. The van der Waals surface area contributed by atoms with Crippen LogP contribution in [0.4, 0.5) is 0 Å². The van der Waals surface area contributed by atoms with Gasteiger partial charge in [-0.1, -0.05) is 200 Å². The molecule has 0 aromatic rings. The smallest absolute Gasteiger partial charge is 0.358 e. The second-order valence-corrected chi connectivity index (χ2v) is 16.7. The van der Waals surface area contributed by atoms with Gasteiger partial charge in [0, 0.05) is 0 Å². The molecule has 0 N–H and O–H groups in total. The zero-order valence-corrected chi connectivity index (χ0v) is 45.2. The minimum absolute atomic E-state index is 0. The zero-order valence-electron chi connectivity index (χ0n) is 40.0. The van der Waals surface area contributed by atoms with Gasteiger partial charge in [-0.25, -0.2) is 0 Å². The molecule has 3 fully saturated rings. The van der Waals surface area contributed by atoms with E-state index in [1.165, 1.54) is 116 Å². The quantitative estimate of drug-likeness (QED) is 0.160. The van der Waals surface area contributed by atoms with E-state index in [4.69, 9.17) is 0 Å². The first kappa shape index (κ1) is 85.2. The summed E-state index contributed by atoms with van der Waals surface area (Å²) in [5.74, 6) is 8.54. The van der Waals surface area contributed by atoms with E-state index in [1.54, 1.807) is 0 Å². The molecule has 0 amide bonds. The largest absolute Gasteiger partial charge is 2.00 e. The third-order valence-corrected chi connectivity index (χ3v) is 8.98. The van der Waals surface area contributed by atoms with Gasteiger partial charge in [0.15, 0.2) is 0 Å². The zero-order chi connectivity index (χ0) is 32.9. The van der Waals surface area contributed by atoms with Crippen LogP contribution < -0.4 is 0 Å². The van der Waals surface area contributed by atoms with E-state index in [0.717, 1.165) is 53.3 Å². The molecule has 0 heterocycles. The summed E-state index contributed by atoms with van der Waals surface area (Å²) in [6.07, 6.45) is 26.4. The number of rotatable bonds is 9. The topological polar surface area (TPSA) is 0 Å². The maximum absolute atomic E-state index is 2.30. The molecule has 0 aliphatic heterocycles. The first-order chi connectivity index (χ1) is 19.7. The molecule has 0 saturated heterocycles. The maximum atomic E-state index is 2.30. The summed E-state index contributed by atoms with van der Waals surface area (Å²) < 4.78 is 0. The van der Waals surface area contributed by atoms with Gasteiger partial charge < -0.3 is 44.6 Å². The van der Waals surface area contributed by atoms with Gasteiger partial charge in [-0.3, -0.25) is 0 Å². The van der Waals surface area contributed by atoms with Gasteiger partial charge >= 0.3 is 58.4 Å². The Morgan fingerprint density at radius 2 is 0.412 bits per heavy atom. The molecule has 51 heavy (non-hydrogen) atoms. The van der Waals surface area contributed by atoms with Gasteiger partial charge in [0.2, 0.25) is 0 Å². The van der Waals surface area contributed by atoms with Gasteiger partial charge in [-0.2, -0.15) is 0 Å². The summed E-state index contributed by atoms with van der Waals surface area (Å²) in [7, 11) is 0. The average molecular weight is 989 g/mol. The maximum Gasteiger partial charge on any atom is 2.00 e. The van der Waals surface area contributed by atoms with E-state index in [-0.39, 0.29) is 103 Å². The van der Waals surface area contributed by atoms with E-state index in [0.29, 0.717) is 0 Å². The second kappa shape index (κ2) is 61.1. The van der Waals surface area contributed by atoms with E-state index in [1.807, 2.05) is 0 Å². The van der Waals surface area contributed by atoms with Crippen LogP contribution in [0.25, 0.3) is 0 Å². The fourth-order valence-electron chi connectivity index (χ4n) is 7.08. The third kappa shape index (κ3) is 77.2. The van der Waals surface area contributed by atoms with E-state index < -0.39 is 0 Å². The molecule has 0 aromatic carbocycles. The van der Waals surface area contributed by atoms with Crippen molar-refractivity contribution in [2.75, 3.05) is 0 Å². The summed E-state index contributed by atoms with van der Waals surface area (Å²) >= 11 is 0. The summed E-state index contributed by atoms with van der Waals surface area (Å²) in [5, 5.41) is 0. The fraction of sp³-hybridized carbons (Fsp3) is 0.875. The van der Waals surface area contributed by atoms with Gasteiger partial charge in [0.25, 0.3) is 0 Å². The molecule has 0 aromatic heterocycles. The predicted molar refractivity (Wildman–Crippen MR) is 238 cm³/mol. The minimum atomic E-state index is 0. The van der Waals surface area contributed by atoms with Crippen LogP contribution in [0.3, 0.4) is 0 Å². The van der Waals surface area contributed by atoms with Gasteiger partial charge in [-0.05, 0) is 72.5 Å². The molecule has 0 nitrogen and oxygen atoms in total. The van der Waals surface area contributed by atoms with E-state index in [2.05, 4.69) is 104 Å². The minimum Gasteiger partial charge on any atom is -0.358 e. The normalized spacial score (nSPS) is 14.3. The van der Waals surface area contributed by atoms with Crippen molar-refractivity contribution in [1.29, 1.82) is 0 Å². The fourth-order valence-corrected chi connectivity index (χ4v) is 7.08. The summed E-state index contributed by atoms with van der Waals surface area (Å²) in [6.45, 7) is 34.1. The van der Waals surface area contributed by atoms with Crippen LogP contribution in [0.5, 0.6) is 0 Å². The Bertz CT molecular complexity index is 391.